The summed E-state index contributed by atoms with van der Waals surface area (Å²) in [5.74, 6) is -0.260. The van der Waals surface area contributed by atoms with Crippen LogP contribution in [0.2, 0.25) is 0 Å². The predicted octanol–water partition coefficient (Wildman–Crippen LogP) is 3.11. The van der Waals surface area contributed by atoms with E-state index in [1.54, 1.807) is 0 Å². The normalized spacial score (nSPS) is 10.2. The number of rotatable bonds is 2. The first kappa shape index (κ1) is 12.7. The van der Waals surface area contributed by atoms with Gasteiger partial charge in [-0.05, 0) is 47.0 Å². The summed E-state index contributed by atoms with van der Waals surface area (Å²) in [5, 5.41) is 2.83. The Hall–Kier alpha value is -1.75. The lowest BCUT2D eigenvalue weighted by molar-refractivity contribution is 0.102. The van der Waals surface area contributed by atoms with Gasteiger partial charge < -0.3 is 5.32 Å². The zero-order valence-electron chi connectivity index (χ0n) is 10.1. The monoisotopic (exact) mass is 305 g/mol. The topological polar surface area (TPSA) is 54.9 Å². The first-order valence-electron chi connectivity index (χ1n) is 5.42. The van der Waals surface area contributed by atoms with Crippen molar-refractivity contribution in [3.8, 4) is 0 Å². The van der Waals surface area contributed by atoms with Crippen LogP contribution < -0.4 is 5.32 Å². The first-order valence-corrected chi connectivity index (χ1v) is 6.22. The number of aromatic nitrogens is 2. The number of benzene rings is 1. The van der Waals surface area contributed by atoms with Gasteiger partial charge in [0.25, 0.3) is 5.91 Å². The molecule has 0 bridgehead atoms. The molecule has 0 aliphatic heterocycles. The molecule has 0 unspecified atom stereocenters. The summed E-state index contributed by atoms with van der Waals surface area (Å²) in [7, 11) is 0. The van der Waals surface area contributed by atoms with Crippen molar-refractivity contribution < 1.29 is 4.79 Å². The number of anilines is 1. The van der Waals surface area contributed by atoms with Gasteiger partial charge in [0.2, 0.25) is 0 Å². The minimum atomic E-state index is -0.260. The Morgan fingerprint density at radius 1 is 1.22 bits per heavy atom. The lowest BCUT2D eigenvalue weighted by atomic mass is 10.1. The molecule has 1 amide bonds. The standard InChI is InChI=1S/C13H12BrN3O/c1-8-3-4-9(2)10(5-8)17-13(18)11-6-16-12(14)7-15-11/h3-7H,1-2H3,(H,17,18). The smallest absolute Gasteiger partial charge is 0.275 e. The highest BCUT2D eigenvalue weighted by Gasteiger charge is 2.09. The van der Waals surface area contributed by atoms with Crippen molar-refractivity contribution in [2.24, 2.45) is 0 Å². The lowest BCUT2D eigenvalue weighted by Gasteiger charge is -2.08. The maximum atomic E-state index is 12.0. The summed E-state index contributed by atoms with van der Waals surface area (Å²) in [6.07, 6.45) is 2.93. The highest BCUT2D eigenvalue weighted by Crippen LogP contribution is 2.17. The van der Waals surface area contributed by atoms with Crippen molar-refractivity contribution in [1.82, 2.24) is 9.97 Å². The van der Waals surface area contributed by atoms with Gasteiger partial charge >= 0.3 is 0 Å². The van der Waals surface area contributed by atoms with Crippen LogP contribution in [0.3, 0.4) is 0 Å². The molecule has 4 nitrogen and oxygen atoms in total. The van der Waals surface area contributed by atoms with Crippen molar-refractivity contribution in [2.45, 2.75) is 13.8 Å². The minimum Gasteiger partial charge on any atom is -0.320 e. The van der Waals surface area contributed by atoms with Crippen molar-refractivity contribution >= 4 is 27.5 Å². The molecule has 2 aromatic rings. The fourth-order valence-electron chi connectivity index (χ4n) is 1.49. The Morgan fingerprint density at radius 2 is 2.00 bits per heavy atom. The highest BCUT2D eigenvalue weighted by atomic mass is 79.9. The summed E-state index contributed by atoms with van der Waals surface area (Å²) in [6.45, 7) is 3.93. The van der Waals surface area contributed by atoms with Crippen LogP contribution in [0, 0.1) is 13.8 Å². The van der Waals surface area contributed by atoms with Gasteiger partial charge in [-0.2, -0.15) is 0 Å². The Bertz CT molecular complexity index is 581. The number of carbonyl (C=O) groups excluding carboxylic acids is 1. The molecule has 0 fully saturated rings. The molecular weight excluding hydrogens is 294 g/mol. The predicted molar refractivity (Wildman–Crippen MR) is 73.6 cm³/mol. The van der Waals surface area contributed by atoms with E-state index >= 15 is 0 Å². The van der Waals surface area contributed by atoms with E-state index < -0.39 is 0 Å². The van der Waals surface area contributed by atoms with Crippen LogP contribution >= 0.6 is 15.9 Å². The SMILES string of the molecule is Cc1ccc(C)c(NC(=O)c2cnc(Br)cn2)c1. The molecule has 0 atom stereocenters. The Kier molecular flexibility index (Phi) is 3.72. The lowest BCUT2D eigenvalue weighted by Crippen LogP contribution is -2.14. The summed E-state index contributed by atoms with van der Waals surface area (Å²) in [4.78, 5) is 19.9. The molecule has 0 saturated heterocycles. The van der Waals surface area contributed by atoms with Gasteiger partial charge in [0.15, 0.2) is 0 Å². The van der Waals surface area contributed by atoms with Crippen LogP contribution in [-0.2, 0) is 0 Å². The van der Waals surface area contributed by atoms with Crippen LogP contribution in [0.4, 0.5) is 5.69 Å². The number of halogens is 1. The van der Waals surface area contributed by atoms with Gasteiger partial charge in [-0.1, -0.05) is 12.1 Å². The third kappa shape index (κ3) is 2.92. The third-order valence-electron chi connectivity index (χ3n) is 2.49. The van der Waals surface area contributed by atoms with Crippen molar-refractivity contribution in [3.63, 3.8) is 0 Å². The molecule has 0 spiro atoms. The van der Waals surface area contributed by atoms with E-state index in [0.717, 1.165) is 16.8 Å². The van der Waals surface area contributed by atoms with E-state index in [4.69, 9.17) is 0 Å². The van der Waals surface area contributed by atoms with Crippen LogP contribution in [0.25, 0.3) is 0 Å². The van der Waals surface area contributed by atoms with E-state index in [1.165, 1.54) is 12.4 Å². The number of aryl methyl sites for hydroxylation is 2. The number of nitrogens with zero attached hydrogens (tertiary/aromatic N) is 2. The number of hydrogen-bond acceptors (Lipinski definition) is 3. The van der Waals surface area contributed by atoms with Crippen LogP contribution in [-0.4, -0.2) is 15.9 Å². The average Bonchev–Trinajstić information content (AvgIpc) is 2.34. The van der Waals surface area contributed by atoms with E-state index in [2.05, 4.69) is 31.2 Å². The number of nitrogens with one attached hydrogen (secondary N) is 1. The quantitative estimate of drug-likeness (QED) is 0.927. The van der Waals surface area contributed by atoms with Gasteiger partial charge in [0.1, 0.15) is 10.3 Å². The van der Waals surface area contributed by atoms with E-state index in [-0.39, 0.29) is 5.91 Å². The maximum absolute atomic E-state index is 12.0. The van der Waals surface area contributed by atoms with Gasteiger partial charge in [0.05, 0.1) is 12.4 Å². The van der Waals surface area contributed by atoms with E-state index in [9.17, 15) is 4.79 Å². The molecule has 5 heteroatoms. The van der Waals surface area contributed by atoms with Gasteiger partial charge in [-0.15, -0.1) is 0 Å². The van der Waals surface area contributed by atoms with Gasteiger partial charge in [-0.25, -0.2) is 9.97 Å². The summed E-state index contributed by atoms with van der Waals surface area (Å²) in [6, 6.07) is 5.90. The molecule has 1 heterocycles. The zero-order chi connectivity index (χ0) is 13.1. The molecule has 0 aliphatic rings. The zero-order valence-corrected chi connectivity index (χ0v) is 11.7. The van der Waals surface area contributed by atoms with Crippen LogP contribution in [0.1, 0.15) is 21.6 Å². The summed E-state index contributed by atoms with van der Waals surface area (Å²) < 4.78 is 0.603. The fourth-order valence-corrected chi connectivity index (χ4v) is 1.69. The second-order valence-corrected chi connectivity index (χ2v) is 4.81. The Morgan fingerprint density at radius 3 is 2.67 bits per heavy atom. The second kappa shape index (κ2) is 5.27. The molecule has 0 saturated carbocycles. The van der Waals surface area contributed by atoms with Crippen LogP contribution in [0.15, 0.2) is 35.2 Å². The molecule has 92 valence electrons. The van der Waals surface area contributed by atoms with E-state index in [1.807, 2.05) is 32.0 Å². The Balaban J connectivity index is 2.21. The molecule has 0 aliphatic carbocycles. The summed E-state index contributed by atoms with van der Waals surface area (Å²) in [5.41, 5.74) is 3.20. The molecule has 1 aromatic heterocycles. The molecule has 1 aromatic carbocycles. The number of hydrogen-bond donors (Lipinski definition) is 1. The molecular formula is C13H12BrN3O. The maximum Gasteiger partial charge on any atom is 0.275 e. The molecule has 18 heavy (non-hydrogen) atoms. The van der Waals surface area contributed by atoms with Crippen LogP contribution in [0.5, 0.6) is 0 Å². The fraction of sp³-hybridized carbons (Fsp3) is 0.154. The van der Waals surface area contributed by atoms with Crippen molar-refractivity contribution in [2.75, 3.05) is 5.32 Å². The molecule has 0 radical (unpaired) electrons. The van der Waals surface area contributed by atoms with Crippen molar-refractivity contribution in [1.29, 1.82) is 0 Å². The number of carbonyl (C=O) groups is 1. The van der Waals surface area contributed by atoms with Gasteiger partial charge in [-0.3, -0.25) is 4.79 Å². The largest absolute Gasteiger partial charge is 0.320 e. The molecule has 2 rings (SSSR count). The summed E-state index contributed by atoms with van der Waals surface area (Å²) >= 11 is 3.18. The van der Waals surface area contributed by atoms with E-state index in [0.29, 0.717) is 10.3 Å². The molecule has 1 N–H and O–H groups in total. The minimum absolute atomic E-state index is 0.260. The highest BCUT2D eigenvalue weighted by molar-refractivity contribution is 9.10. The second-order valence-electron chi connectivity index (χ2n) is 4.00. The average molecular weight is 306 g/mol. The number of amides is 1. The Labute approximate surface area is 114 Å². The third-order valence-corrected chi connectivity index (χ3v) is 2.90. The van der Waals surface area contributed by atoms with Gasteiger partial charge in [0, 0.05) is 5.69 Å². The first-order chi connectivity index (χ1) is 8.56. The van der Waals surface area contributed by atoms with Crippen molar-refractivity contribution in [3.05, 3.63) is 52.0 Å².